The van der Waals surface area contributed by atoms with Crippen LogP contribution in [0.2, 0.25) is 0 Å². The van der Waals surface area contributed by atoms with E-state index in [2.05, 4.69) is 24.6 Å². The molecule has 1 aliphatic heterocycles. The lowest BCUT2D eigenvalue weighted by molar-refractivity contribution is -0.126. The number of aromatic nitrogens is 2. The fourth-order valence-electron chi connectivity index (χ4n) is 3.85. The van der Waals surface area contributed by atoms with Crippen LogP contribution in [0.15, 0.2) is 55.4 Å². The van der Waals surface area contributed by atoms with Gasteiger partial charge >= 0.3 is 6.09 Å². The van der Waals surface area contributed by atoms with Crippen LogP contribution in [0.5, 0.6) is 0 Å². The van der Waals surface area contributed by atoms with E-state index in [-0.39, 0.29) is 12.5 Å². The maximum Gasteiger partial charge on any atom is 0.410 e. The number of hydrogen-bond donors (Lipinski definition) is 0. The quantitative estimate of drug-likeness (QED) is 0.425. The van der Waals surface area contributed by atoms with E-state index in [0.717, 1.165) is 28.1 Å². The Labute approximate surface area is 218 Å². The zero-order chi connectivity index (χ0) is 26.5. The highest BCUT2D eigenvalue weighted by atomic mass is 32.1. The number of allylic oxidation sites excluding steroid dienone is 5. The van der Waals surface area contributed by atoms with Gasteiger partial charge in [-0.15, -0.1) is 0 Å². The molecule has 1 saturated heterocycles. The van der Waals surface area contributed by atoms with E-state index in [1.807, 2.05) is 58.9 Å². The van der Waals surface area contributed by atoms with E-state index < -0.39 is 17.1 Å². The van der Waals surface area contributed by atoms with Crippen molar-refractivity contribution in [2.24, 2.45) is 5.41 Å². The topological polar surface area (TPSA) is 75.6 Å². The summed E-state index contributed by atoms with van der Waals surface area (Å²) in [5, 5.41) is 0.591. The predicted molar refractivity (Wildman–Crippen MR) is 147 cm³/mol. The van der Waals surface area contributed by atoms with Crippen molar-refractivity contribution in [3.63, 3.8) is 0 Å². The Hall–Kier alpha value is -3.26. The normalized spacial score (nSPS) is 16.8. The van der Waals surface area contributed by atoms with E-state index in [9.17, 15) is 9.59 Å². The second-order valence-corrected chi connectivity index (χ2v) is 11.3. The minimum absolute atomic E-state index is 0.0786. The highest BCUT2D eigenvalue weighted by molar-refractivity contribution is 7.19. The molecule has 0 bridgehead atoms. The minimum atomic E-state index is -0.808. The number of carbonyl (C=O) groups excluding carboxylic acids is 2. The summed E-state index contributed by atoms with van der Waals surface area (Å²) in [4.78, 5) is 39.8. The number of anilines is 1. The standard InChI is InChI=1S/C28H36N4O3S/c1-8-10-11-12-20(9-2)22-23(21-13-15-29-16-14-21)36-25(30-22)32-18-17-31(19-28(6,7)24(32)33)26(34)35-27(3,4)5/h9-16H,2,8,17-19H2,1,3-7H3/b11-10-,20-12+. The van der Waals surface area contributed by atoms with Gasteiger partial charge in [-0.3, -0.25) is 14.7 Å². The summed E-state index contributed by atoms with van der Waals surface area (Å²) in [5.74, 6) is -0.0786. The lowest BCUT2D eigenvalue weighted by atomic mass is 9.91. The summed E-state index contributed by atoms with van der Waals surface area (Å²) >= 11 is 1.45. The van der Waals surface area contributed by atoms with Crippen LogP contribution in [0, 0.1) is 5.41 Å². The highest BCUT2D eigenvalue weighted by Crippen LogP contribution is 2.40. The lowest BCUT2D eigenvalue weighted by Crippen LogP contribution is -2.44. The van der Waals surface area contributed by atoms with Crippen LogP contribution in [-0.4, -0.2) is 52.1 Å². The third-order valence-corrected chi connectivity index (χ3v) is 6.71. The molecule has 2 amide bonds. The SMILES string of the molecule is C=C/C(=C\C=C/CC)c1nc(N2CCN(C(=O)OC(C)(C)C)CC(C)(C)C2=O)sc1-c1ccncc1. The first-order valence-electron chi connectivity index (χ1n) is 12.2. The maximum absolute atomic E-state index is 13.7. The van der Waals surface area contributed by atoms with Crippen molar-refractivity contribution in [3.05, 3.63) is 61.1 Å². The van der Waals surface area contributed by atoms with Crippen LogP contribution in [0.3, 0.4) is 0 Å². The van der Waals surface area contributed by atoms with Gasteiger partial charge in [-0.2, -0.15) is 0 Å². The molecule has 0 atom stereocenters. The number of nitrogens with zero attached hydrogens (tertiary/aromatic N) is 4. The molecule has 0 N–H and O–H groups in total. The summed E-state index contributed by atoms with van der Waals surface area (Å²) in [6, 6.07) is 3.86. The summed E-state index contributed by atoms with van der Waals surface area (Å²) in [6.45, 7) is 16.2. The number of hydrogen-bond acceptors (Lipinski definition) is 6. The first-order chi connectivity index (χ1) is 17.0. The predicted octanol–water partition coefficient (Wildman–Crippen LogP) is 6.35. The zero-order valence-corrected chi connectivity index (χ0v) is 22.9. The highest BCUT2D eigenvalue weighted by Gasteiger charge is 2.41. The Morgan fingerprint density at radius 2 is 1.94 bits per heavy atom. The Kier molecular flexibility index (Phi) is 8.51. The second-order valence-electron chi connectivity index (χ2n) is 10.3. The van der Waals surface area contributed by atoms with Gasteiger partial charge in [0, 0.05) is 37.6 Å². The van der Waals surface area contributed by atoms with E-state index >= 15 is 0 Å². The van der Waals surface area contributed by atoms with Gasteiger partial charge in [-0.1, -0.05) is 49.1 Å². The fourth-order valence-corrected chi connectivity index (χ4v) is 4.96. The summed E-state index contributed by atoms with van der Waals surface area (Å²) in [6.07, 6.45) is 11.8. The number of carbonyl (C=O) groups is 2. The monoisotopic (exact) mass is 508 g/mol. The average molecular weight is 509 g/mol. The van der Waals surface area contributed by atoms with Crippen LogP contribution >= 0.6 is 11.3 Å². The molecule has 7 nitrogen and oxygen atoms in total. The van der Waals surface area contributed by atoms with Gasteiger partial charge in [-0.25, -0.2) is 9.78 Å². The Morgan fingerprint density at radius 1 is 1.25 bits per heavy atom. The Morgan fingerprint density at radius 3 is 2.56 bits per heavy atom. The third kappa shape index (κ3) is 6.49. The Bertz CT molecular complexity index is 1160. The number of ether oxygens (including phenoxy) is 1. The Balaban J connectivity index is 2.04. The number of pyridine rings is 1. The van der Waals surface area contributed by atoms with Gasteiger partial charge in [0.05, 0.1) is 16.0 Å². The van der Waals surface area contributed by atoms with Crippen LogP contribution in [0.4, 0.5) is 9.93 Å². The van der Waals surface area contributed by atoms with Gasteiger partial charge in [0.25, 0.3) is 0 Å². The molecule has 0 aromatic carbocycles. The largest absolute Gasteiger partial charge is 0.444 e. The summed E-state index contributed by atoms with van der Waals surface area (Å²) in [7, 11) is 0. The first-order valence-corrected chi connectivity index (χ1v) is 13.0. The first kappa shape index (κ1) is 27.3. The van der Waals surface area contributed by atoms with Crippen molar-refractivity contribution < 1.29 is 14.3 Å². The molecule has 3 rings (SSSR count). The van der Waals surface area contributed by atoms with Gasteiger partial charge in [0.15, 0.2) is 5.13 Å². The molecule has 2 aromatic heterocycles. The van der Waals surface area contributed by atoms with Gasteiger partial charge < -0.3 is 9.64 Å². The van der Waals surface area contributed by atoms with Crippen molar-refractivity contribution in [2.45, 2.75) is 53.6 Å². The van der Waals surface area contributed by atoms with E-state index in [0.29, 0.717) is 18.2 Å². The van der Waals surface area contributed by atoms with E-state index in [1.54, 1.807) is 28.3 Å². The van der Waals surface area contributed by atoms with Crippen molar-refractivity contribution in [1.29, 1.82) is 0 Å². The summed E-state index contributed by atoms with van der Waals surface area (Å²) < 4.78 is 5.59. The van der Waals surface area contributed by atoms with Crippen LogP contribution in [0.1, 0.15) is 53.7 Å². The van der Waals surface area contributed by atoms with Crippen LogP contribution in [-0.2, 0) is 9.53 Å². The van der Waals surface area contributed by atoms with Gasteiger partial charge in [0.2, 0.25) is 5.91 Å². The molecule has 0 spiro atoms. The van der Waals surface area contributed by atoms with Crippen molar-refractivity contribution in [2.75, 3.05) is 24.5 Å². The average Bonchev–Trinajstić information content (AvgIpc) is 3.20. The molecule has 1 aliphatic rings. The third-order valence-electron chi connectivity index (χ3n) is 5.59. The molecule has 8 heteroatoms. The molecule has 0 saturated carbocycles. The number of thiazole rings is 1. The van der Waals surface area contributed by atoms with Crippen molar-refractivity contribution >= 4 is 34.0 Å². The van der Waals surface area contributed by atoms with Crippen molar-refractivity contribution in [3.8, 4) is 10.4 Å². The van der Waals surface area contributed by atoms with Gasteiger partial charge in [0.1, 0.15) is 5.60 Å². The summed E-state index contributed by atoms with van der Waals surface area (Å²) in [5.41, 5.74) is 1.17. The van der Waals surface area contributed by atoms with Crippen LogP contribution < -0.4 is 4.90 Å². The minimum Gasteiger partial charge on any atom is -0.444 e. The molecule has 1 fully saturated rings. The number of rotatable bonds is 6. The van der Waals surface area contributed by atoms with Gasteiger partial charge in [-0.05, 0) is 58.7 Å². The molecule has 3 heterocycles. The molecule has 2 aromatic rings. The second kappa shape index (κ2) is 11.2. The van der Waals surface area contributed by atoms with Crippen molar-refractivity contribution in [1.82, 2.24) is 14.9 Å². The molecular weight excluding hydrogens is 472 g/mol. The molecular formula is C28H36N4O3S. The lowest BCUT2D eigenvalue weighted by Gasteiger charge is -2.30. The zero-order valence-electron chi connectivity index (χ0n) is 22.1. The van der Waals surface area contributed by atoms with E-state index in [1.165, 1.54) is 11.3 Å². The molecule has 36 heavy (non-hydrogen) atoms. The smallest absolute Gasteiger partial charge is 0.410 e. The molecule has 192 valence electrons. The maximum atomic E-state index is 13.7. The fraction of sp³-hybridized carbons (Fsp3) is 0.429. The van der Waals surface area contributed by atoms with Crippen LogP contribution in [0.25, 0.3) is 16.0 Å². The number of amides is 2. The molecule has 0 aliphatic carbocycles. The molecule has 0 radical (unpaired) electrons. The molecule has 0 unspecified atom stereocenters. The van der Waals surface area contributed by atoms with E-state index in [4.69, 9.17) is 9.72 Å².